The molecule has 5 heteroatoms. The van der Waals surface area contributed by atoms with Crippen molar-refractivity contribution in [3.63, 3.8) is 0 Å². The van der Waals surface area contributed by atoms with Crippen LogP contribution in [0.3, 0.4) is 0 Å². The van der Waals surface area contributed by atoms with Gasteiger partial charge in [0.15, 0.2) is 0 Å². The van der Waals surface area contributed by atoms with Crippen LogP contribution >= 0.6 is 22.9 Å². The van der Waals surface area contributed by atoms with E-state index in [9.17, 15) is 0 Å². The first kappa shape index (κ1) is 10.4. The number of hydrogen-bond donors (Lipinski definition) is 1. The minimum Gasteiger partial charge on any atom is -0.370 e. The normalized spacial score (nSPS) is 10.2. The van der Waals surface area contributed by atoms with Gasteiger partial charge in [-0.05, 0) is 46.5 Å². The molecule has 0 radical (unpaired) electrons. The van der Waals surface area contributed by atoms with E-state index in [4.69, 9.17) is 11.6 Å². The Balaban J connectivity index is 1.83. The lowest BCUT2D eigenvalue weighted by Gasteiger charge is -2.03. The highest BCUT2D eigenvalue weighted by molar-refractivity contribution is 7.07. The molecule has 0 aliphatic carbocycles. The Bertz CT molecular complexity index is 416. The van der Waals surface area contributed by atoms with Crippen molar-refractivity contribution in [2.45, 2.75) is 6.42 Å². The molecule has 0 bridgehead atoms. The molecule has 1 N–H and O–H groups in total. The molecule has 2 rings (SSSR count). The van der Waals surface area contributed by atoms with Gasteiger partial charge in [0.25, 0.3) is 0 Å². The van der Waals surface area contributed by atoms with Crippen molar-refractivity contribution >= 4 is 28.8 Å². The Morgan fingerprint density at radius 1 is 1.40 bits per heavy atom. The Hall–Kier alpha value is -1.13. The van der Waals surface area contributed by atoms with Gasteiger partial charge in [-0.2, -0.15) is 11.3 Å². The summed E-state index contributed by atoms with van der Waals surface area (Å²) in [7, 11) is 0. The maximum atomic E-state index is 5.66. The third-order valence-electron chi connectivity index (χ3n) is 1.93. The van der Waals surface area contributed by atoms with Crippen LogP contribution in [0.2, 0.25) is 5.28 Å². The molecule has 0 aromatic carbocycles. The van der Waals surface area contributed by atoms with Gasteiger partial charge in [-0.1, -0.05) is 0 Å². The second-order valence-corrected chi connectivity index (χ2v) is 4.14. The highest BCUT2D eigenvalue weighted by Gasteiger charge is 1.96. The largest absolute Gasteiger partial charge is 0.370 e. The molecule has 0 fully saturated rings. The van der Waals surface area contributed by atoms with Crippen molar-refractivity contribution in [1.29, 1.82) is 0 Å². The van der Waals surface area contributed by atoms with E-state index in [1.54, 1.807) is 23.6 Å². The smallest absolute Gasteiger partial charge is 0.224 e. The monoisotopic (exact) mass is 239 g/mol. The lowest BCUT2D eigenvalue weighted by molar-refractivity contribution is 1.00. The molecule has 78 valence electrons. The van der Waals surface area contributed by atoms with Crippen LogP contribution in [0.1, 0.15) is 5.56 Å². The molecular weight excluding hydrogens is 230 g/mol. The lowest BCUT2D eigenvalue weighted by atomic mass is 10.2. The third kappa shape index (κ3) is 3.18. The van der Waals surface area contributed by atoms with Gasteiger partial charge in [0.05, 0.1) is 0 Å². The molecule has 0 aliphatic heterocycles. The number of aromatic nitrogens is 2. The zero-order valence-corrected chi connectivity index (χ0v) is 9.55. The van der Waals surface area contributed by atoms with Gasteiger partial charge in [-0.25, -0.2) is 9.97 Å². The zero-order valence-electron chi connectivity index (χ0n) is 7.98. The first-order valence-electron chi connectivity index (χ1n) is 4.58. The van der Waals surface area contributed by atoms with E-state index in [0.29, 0.717) is 0 Å². The summed E-state index contributed by atoms with van der Waals surface area (Å²) < 4.78 is 0. The molecule has 15 heavy (non-hydrogen) atoms. The predicted octanol–water partition coefficient (Wildman–Crippen LogP) is 2.85. The van der Waals surface area contributed by atoms with Crippen molar-refractivity contribution in [1.82, 2.24) is 9.97 Å². The molecule has 2 heterocycles. The lowest BCUT2D eigenvalue weighted by Crippen LogP contribution is -2.05. The minimum atomic E-state index is 0.274. The second-order valence-electron chi connectivity index (χ2n) is 3.02. The summed E-state index contributed by atoms with van der Waals surface area (Å²) in [6.45, 7) is 0.851. The third-order valence-corrected chi connectivity index (χ3v) is 2.84. The quantitative estimate of drug-likeness (QED) is 0.834. The fourth-order valence-electron chi connectivity index (χ4n) is 1.20. The maximum absolute atomic E-state index is 5.66. The van der Waals surface area contributed by atoms with E-state index < -0.39 is 0 Å². The maximum Gasteiger partial charge on any atom is 0.224 e. The van der Waals surface area contributed by atoms with Crippen LogP contribution in [0.25, 0.3) is 0 Å². The summed E-state index contributed by atoms with van der Waals surface area (Å²) in [4.78, 5) is 7.85. The number of nitrogens with zero attached hydrogens (tertiary/aromatic N) is 2. The van der Waals surface area contributed by atoms with E-state index >= 15 is 0 Å². The van der Waals surface area contributed by atoms with Crippen LogP contribution < -0.4 is 5.32 Å². The van der Waals surface area contributed by atoms with Crippen LogP contribution in [-0.4, -0.2) is 16.5 Å². The predicted molar refractivity (Wildman–Crippen MR) is 63.6 cm³/mol. The van der Waals surface area contributed by atoms with Crippen LogP contribution in [0.15, 0.2) is 29.1 Å². The van der Waals surface area contributed by atoms with Crippen molar-refractivity contribution < 1.29 is 0 Å². The minimum absolute atomic E-state index is 0.274. The van der Waals surface area contributed by atoms with Gasteiger partial charge >= 0.3 is 0 Å². The second kappa shape index (κ2) is 5.09. The molecule has 0 saturated carbocycles. The van der Waals surface area contributed by atoms with E-state index in [1.807, 2.05) is 0 Å². The summed E-state index contributed by atoms with van der Waals surface area (Å²) >= 11 is 7.38. The van der Waals surface area contributed by atoms with Gasteiger partial charge in [0.2, 0.25) is 5.28 Å². The van der Waals surface area contributed by atoms with Crippen molar-refractivity contribution in [3.05, 3.63) is 39.9 Å². The van der Waals surface area contributed by atoms with Crippen LogP contribution in [0.5, 0.6) is 0 Å². The van der Waals surface area contributed by atoms with Crippen molar-refractivity contribution in [2.24, 2.45) is 0 Å². The van der Waals surface area contributed by atoms with Crippen molar-refractivity contribution in [2.75, 3.05) is 11.9 Å². The van der Waals surface area contributed by atoms with Crippen LogP contribution in [0.4, 0.5) is 5.82 Å². The van der Waals surface area contributed by atoms with Gasteiger partial charge < -0.3 is 5.32 Å². The van der Waals surface area contributed by atoms with Gasteiger partial charge in [0, 0.05) is 12.7 Å². The Morgan fingerprint density at radius 2 is 2.33 bits per heavy atom. The standard InChI is InChI=1S/C10H10ClN3S/c11-10-13-5-2-9(14-10)12-4-1-8-3-6-15-7-8/h2-3,5-7H,1,4H2,(H,12,13,14). The van der Waals surface area contributed by atoms with Gasteiger partial charge in [-0.3, -0.25) is 0 Å². The van der Waals surface area contributed by atoms with E-state index in [0.717, 1.165) is 18.8 Å². The molecule has 2 aromatic rings. The Morgan fingerprint density at radius 3 is 3.07 bits per heavy atom. The number of thiophene rings is 1. The Labute approximate surface area is 97.2 Å². The highest BCUT2D eigenvalue weighted by Crippen LogP contribution is 2.08. The molecule has 0 atom stereocenters. The molecule has 0 aliphatic rings. The molecule has 3 nitrogen and oxygen atoms in total. The number of hydrogen-bond acceptors (Lipinski definition) is 4. The summed E-state index contributed by atoms with van der Waals surface area (Å²) in [5.41, 5.74) is 1.34. The molecular formula is C10H10ClN3S. The number of rotatable bonds is 4. The number of anilines is 1. The molecule has 0 unspecified atom stereocenters. The van der Waals surface area contributed by atoms with Crippen LogP contribution in [0, 0.1) is 0 Å². The van der Waals surface area contributed by atoms with Gasteiger partial charge in [0.1, 0.15) is 5.82 Å². The highest BCUT2D eigenvalue weighted by atomic mass is 35.5. The van der Waals surface area contributed by atoms with Gasteiger partial charge in [-0.15, -0.1) is 0 Å². The first-order valence-corrected chi connectivity index (χ1v) is 5.90. The summed E-state index contributed by atoms with van der Waals surface area (Å²) in [6, 6.07) is 3.93. The zero-order chi connectivity index (χ0) is 10.5. The molecule has 0 amide bonds. The summed E-state index contributed by atoms with van der Waals surface area (Å²) in [6.07, 6.45) is 2.63. The van der Waals surface area contributed by atoms with E-state index in [-0.39, 0.29) is 5.28 Å². The summed E-state index contributed by atoms with van der Waals surface area (Å²) in [5, 5.41) is 7.69. The molecule has 2 aromatic heterocycles. The van der Waals surface area contributed by atoms with E-state index in [1.165, 1.54) is 5.56 Å². The first-order chi connectivity index (χ1) is 7.34. The average Bonchev–Trinajstić information content (AvgIpc) is 2.71. The Kier molecular flexibility index (Phi) is 3.53. The molecule has 0 spiro atoms. The topological polar surface area (TPSA) is 37.8 Å². The number of halogens is 1. The SMILES string of the molecule is Clc1nccc(NCCc2ccsc2)n1. The number of nitrogens with one attached hydrogen (secondary N) is 1. The fraction of sp³-hybridized carbons (Fsp3) is 0.200. The average molecular weight is 240 g/mol. The fourth-order valence-corrected chi connectivity index (χ4v) is 2.05. The summed E-state index contributed by atoms with van der Waals surface area (Å²) in [5.74, 6) is 0.769. The van der Waals surface area contributed by atoms with Crippen molar-refractivity contribution in [3.8, 4) is 0 Å². The van der Waals surface area contributed by atoms with Crippen LogP contribution in [-0.2, 0) is 6.42 Å². The van der Waals surface area contributed by atoms with E-state index in [2.05, 4.69) is 32.1 Å². The molecule has 0 saturated heterocycles.